The highest BCUT2D eigenvalue weighted by Gasteiger charge is 2.14. The molecule has 0 heterocycles. The van der Waals surface area contributed by atoms with Gasteiger partial charge in [-0.15, -0.1) is 0 Å². The smallest absolute Gasteiger partial charge is 0.335 e. The maximum absolute atomic E-state index is 11.6. The van der Waals surface area contributed by atoms with Gasteiger partial charge < -0.3 is 15.1 Å². The summed E-state index contributed by atoms with van der Waals surface area (Å²) < 4.78 is 0. The van der Waals surface area contributed by atoms with Crippen LogP contribution in [0.15, 0.2) is 60.7 Å². The largest absolute Gasteiger partial charge is 0.507 e. The molecule has 0 aliphatic carbocycles. The summed E-state index contributed by atoms with van der Waals surface area (Å²) in [6.45, 7) is 3.90. The van der Waals surface area contributed by atoms with E-state index in [1.54, 1.807) is 24.3 Å². The molecule has 30 heavy (non-hydrogen) atoms. The average Bonchev–Trinajstić information content (AvgIpc) is 2.71. The number of carbonyl (C=O) groups is 2. The number of hydrogen-bond acceptors (Lipinski definition) is 4. The number of carboxylic acids is 1. The Kier molecular flexibility index (Phi) is 6.21. The molecule has 3 aromatic rings. The Balaban J connectivity index is 1.71. The monoisotopic (exact) mass is 403 g/mol. The molecule has 0 amide bonds. The van der Waals surface area contributed by atoms with Gasteiger partial charge in [-0.05, 0) is 61.2 Å². The van der Waals surface area contributed by atoms with Crippen LogP contribution in [0.5, 0.6) is 5.75 Å². The molecule has 0 radical (unpaired) electrons. The number of phenolic OH excluding ortho intramolecular Hbond substituents is 1. The normalized spacial score (nSPS) is 10.6. The SMILES string of the molecule is CC(=O)c1ccc(N(C)Cc2ccc(Cc3cccc(C(=O)O)c3)cc2)c(C)c1O. The van der Waals surface area contributed by atoms with E-state index >= 15 is 0 Å². The fraction of sp³-hybridized carbons (Fsp3) is 0.200. The van der Waals surface area contributed by atoms with E-state index in [-0.39, 0.29) is 11.5 Å². The van der Waals surface area contributed by atoms with Crippen molar-refractivity contribution in [1.82, 2.24) is 0 Å². The Labute approximate surface area is 176 Å². The molecule has 0 aromatic heterocycles. The molecular formula is C25H25NO4. The van der Waals surface area contributed by atoms with Crippen molar-refractivity contribution in [2.45, 2.75) is 26.8 Å². The lowest BCUT2D eigenvalue weighted by atomic mass is 10.0. The van der Waals surface area contributed by atoms with Crippen LogP contribution < -0.4 is 4.90 Å². The second kappa shape index (κ2) is 8.82. The number of nitrogens with zero attached hydrogens (tertiary/aromatic N) is 1. The van der Waals surface area contributed by atoms with Crippen LogP contribution in [0.25, 0.3) is 0 Å². The maximum Gasteiger partial charge on any atom is 0.335 e. The lowest BCUT2D eigenvalue weighted by Crippen LogP contribution is -2.17. The fourth-order valence-electron chi connectivity index (χ4n) is 3.56. The number of carboxylic acid groups (broad SMARTS) is 1. The number of benzene rings is 3. The standard InChI is InChI=1S/C25H25NO4/c1-16-23(12-11-22(17(2)27)24(16)28)26(3)15-19-9-7-18(8-10-19)13-20-5-4-6-21(14-20)25(29)30/h4-12,14,28H,13,15H2,1-3H3,(H,29,30). The summed E-state index contributed by atoms with van der Waals surface area (Å²) in [6, 6.07) is 18.7. The first-order valence-electron chi connectivity index (χ1n) is 9.71. The highest BCUT2D eigenvalue weighted by atomic mass is 16.4. The predicted octanol–water partition coefficient (Wildman–Crippen LogP) is 4.83. The first kappa shape index (κ1) is 21.1. The average molecular weight is 403 g/mol. The Hall–Kier alpha value is -3.60. The van der Waals surface area contributed by atoms with E-state index in [0.29, 0.717) is 29.7 Å². The number of rotatable bonds is 7. The van der Waals surface area contributed by atoms with Gasteiger partial charge in [0.05, 0.1) is 11.1 Å². The minimum Gasteiger partial charge on any atom is -0.507 e. The number of hydrogen-bond donors (Lipinski definition) is 2. The lowest BCUT2D eigenvalue weighted by Gasteiger charge is -2.23. The van der Waals surface area contributed by atoms with Crippen LogP contribution in [0.2, 0.25) is 0 Å². The molecule has 5 nitrogen and oxygen atoms in total. The van der Waals surface area contributed by atoms with E-state index in [2.05, 4.69) is 0 Å². The molecule has 2 N–H and O–H groups in total. The van der Waals surface area contributed by atoms with Crippen LogP contribution >= 0.6 is 0 Å². The van der Waals surface area contributed by atoms with Gasteiger partial charge >= 0.3 is 5.97 Å². The zero-order chi connectivity index (χ0) is 21.8. The van der Waals surface area contributed by atoms with Crippen LogP contribution in [0, 0.1) is 6.92 Å². The molecule has 0 saturated heterocycles. The van der Waals surface area contributed by atoms with Crippen molar-refractivity contribution in [1.29, 1.82) is 0 Å². The summed E-state index contributed by atoms with van der Waals surface area (Å²) in [6.07, 6.45) is 0.663. The van der Waals surface area contributed by atoms with E-state index < -0.39 is 5.97 Å². The molecule has 0 unspecified atom stereocenters. The third-order valence-corrected chi connectivity index (χ3v) is 5.22. The molecule has 3 rings (SSSR count). The molecule has 0 bridgehead atoms. The first-order valence-corrected chi connectivity index (χ1v) is 9.71. The van der Waals surface area contributed by atoms with E-state index in [1.807, 2.05) is 55.3 Å². The quantitative estimate of drug-likeness (QED) is 0.553. The van der Waals surface area contributed by atoms with Crippen molar-refractivity contribution in [3.05, 3.63) is 94.0 Å². The number of Topliss-reactive ketones (excluding diaryl/α,β-unsaturated/α-hetero) is 1. The van der Waals surface area contributed by atoms with Crippen LogP contribution in [0.4, 0.5) is 5.69 Å². The number of ketones is 1. The van der Waals surface area contributed by atoms with E-state index in [4.69, 9.17) is 5.11 Å². The Morgan fingerprint density at radius 3 is 2.23 bits per heavy atom. The number of anilines is 1. The summed E-state index contributed by atoms with van der Waals surface area (Å²) in [4.78, 5) is 24.8. The maximum atomic E-state index is 11.6. The van der Waals surface area contributed by atoms with Gasteiger partial charge in [-0.3, -0.25) is 4.79 Å². The van der Waals surface area contributed by atoms with Gasteiger partial charge in [0, 0.05) is 24.8 Å². The number of phenols is 1. The van der Waals surface area contributed by atoms with Gasteiger partial charge in [0.15, 0.2) is 5.78 Å². The number of aromatic carboxylic acids is 1. The molecule has 0 aliphatic rings. The second-order valence-electron chi connectivity index (χ2n) is 7.52. The van der Waals surface area contributed by atoms with Crippen molar-refractivity contribution in [2.24, 2.45) is 0 Å². The van der Waals surface area contributed by atoms with Crippen molar-refractivity contribution in [3.8, 4) is 5.75 Å². The number of carbonyl (C=O) groups excluding carboxylic acids is 1. The van der Waals surface area contributed by atoms with Gasteiger partial charge in [0.1, 0.15) is 5.75 Å². The molecule has 154 valence electrons. The zero-order valence-corrected chi connectivity index (χ0v) is 17.3. The summed E-state index contributed by atoms with van der Waals surface area (Å²) >= 11 is 0. The van der Waals surface area contributed by atoms with Gasteiger partial charge in [-0.2, -0.15) is 0 Å². The van der Waals surface area contributed by atoms with Crippen molar-refractivity contribution >= 4 is 17.4 Å². The number of aromatic hydroxyl groups is 1. The topological polar surface area (TPSA) is 77.8 Å². The highest BCUT2D eigenvalue weighted by Crippen LogP contribution is 2.31. The van der Waals surface area contributed by atoms with Crippen molar-refractivity contribution in [2.75, 3.05) is 11.9 Å². The Morgan fingerprint density at radius 1 is 0.933 bits per heavy atom. The van der Waals surface area contributed by atoms with Gasteiger partial charge in [0.25, 0.3) is 0 Å². The van der Waals surface area contributed by atoms with Crippen LogP contribution in [-0.4, -0.2) is 29.0 Å². The fourth-order valence-corrected chi connectivity index (χ4v) is 3.56. The van der Waals surface area contributed by atoms with Gasteiger partial charge in [-0.25, -0.2) is 4.79 Å². The molecular weight excluding hydrogens is 378 g/mol. The third kappa shape index (κ3) is 4.69. The van der Waals surface area contributed by atoms with Crippen LogP contribution in [0.1, 0.15) is 49.9 Å². The van der Waals surface area contributed by atoms with Crippen molar-refractivity contribution < 1.29 is 19.8 Å². The summed E-state index contributed by atoms with van der Waals surface area (Å²) in [5.74, 6) is -1.05. The molecule has 0 aliphatic heterocycles. The first-order chi connectivity index (χ1) is 14.3. The predicted molar refractivity (Wildman–Crippen MR) is 118 cm³/mol. The molecule has 5 heteroatoms. The van der Waals surface area contributed by atoms with Crippen molar-refractivity contribution in [3.63, 3.8) is 0 Å². The van der Waals surface area contributed by atoms with Gasteiger partial charge in [0.2, 0.25) is 0 Å². The Morgan fingerprint density at radius 2 is 1.60 bits per heavy atom. The minimum absolute atomic E-state index is 0.0331. The highest BCUT2D eigenvalue weighted by molar-refractivity contribution is 5.97. The van der Waals surface area contributed by atoms with E-state index in [0.717, 1.165) is 22.4 Å². The van der Waals surface area contributed by atoms with Crippen LogP contribution in [0.3, 0.4) is 0 Å². The minimum atomic E-state index is -0.923. The third-order valence-electron chi connectivity index (χ3n) is 5.22. The van der Waals surface area contributed by atoms with E-state index in [1.165, 1.54) is 6.92 Å². The lowest BCUT2D eigenvalue weighted by molar-refractivity contribution is 0.0696. The zero-order valence-electron chi connectivity index (χ0n) is 17.3. The molecule has 0 saturated carbocycles. The molecule has 3 aromatic carbocycles. The van der Waals surface area contributed by atoms with Crippen LogP contribution in [-0.2, 0) is 13.0 Å². The summed E-state index contributed by atoms with van der Waals surface area (Å²) in [5.41, 5.74) is 5.34. The Bertz CT molecular complexity index is 1090. The molecule has 0 atom stereocenters. The molecule has 0 fully saturated rings. The summed E-state index contributed by atoms with van der Waals surface area (Å²) in [5, 5.41) is 19.4. The molecule has 0 spiro atoms. The second-order valence-corrected chi connectivity index (χ2v) is 7.52. The van der Waals surface area contributed by atoms with Gasteiger partial charge in [-0.1, -0.05) is 36.4 Å². The van der Waals surface area contributed by atoms with E-state index in [9.17, 15) is 14.7 Å². The summed E-state index contributed by atoms with van der Waals surface area (Å²) in [7, 11) is 1.94.